The third-order valence-electron chi connectivity index (χ3n) is 4.55. The maximum Gasteiger partial charge on any atom is 0.312 e. The van der Waals surface area contributed by atoms with E-state index in [4.69, 9.17) is 5.73 Å². The zero-order chi connectivity index (χ0) is 17.7. The van der Waals surface area contributed by atoms with Crippen molar-refractivity contribution in [3.8, 4) is 0 Å². The number of amides is 3. The first-order valence-electron chi connectivity index (χ1n) is 8.60. The first-order valence-corrected chi connectivity index (χ1v) is 8.60. The number of carbonyl (C=O) groups is 2. The lowest BCUT2D eigenvalue weighted by Gasteiger charge is -2.35. The summed E-state index contributed by atoms with van der Waals surface area (Å²) in [6, 6.07) is 7.38. The molecule has 0 aromatic heterocycles. The Balaban J connectivity index is 1.89. The lowest BCUT2D eigenvalue weighted by atomic mass is 10.0. The fourth-order valence-corrected chi connectivity index (χ4v) is 3.19. The predicted octanol–water partition coefficient (Wildman–Crippen LogP) is -0.0850. The van der Waals surface area contributed by atoms with E-state index >= 15 is 0 Å². The van der Waals surface area contributed by atoms with Crippen LogP contribution in [-0.2, 0) is 11.3 Å². The van der Waals surface area contributed by atoms with Crippen LogP contribution in [0.4, 0.5) is 4.79 Å². The van der Waals surface area contributed by atoms with Gasteiger partial charge in [0.2, 0.25) is 5.91 Å². The van der Waals surface area contributed by atoms with Crippen molar-refractivity contribution in [3.63, 3.8) is 0 Å². The fraction of sp³-hybridized carbons (Fsp3) is 0.556. The van der Waals surface area contributed by atoms with E-state index in [1.54, 1.807) is 0 Å². The van der Waals surface area contributed by atoms with Crippen molar-refractivity contribution >= 4 is 11.9 Å². The van der Waals surface area contributed by atoms with E-state index in [1.165, 1.54) is 16.0 Å². The van der Waals surface area contributed by atoms with Crippen LogP contribution < -0.4 is 16.0 Å². The number of benzene rings is 1. The van der Waals surface area contributed by atoms with Gasteiger partial charge in [0.05, 0.1) is 26.2 Å². The van der Waals surface area contributed by atoms with Gasteiger partial charge in [0.15, 0.2) is 0 Å². The van der Waals surface area contributed by atoms with E-state index in [0.717, 1.165) is 19.6 Å². The zero-order valence-electron chi connectivity index (χ0n) is 14.8. The molecule has 0 unspecified atom stereocenters. The lowest BCUT2D eigenvalue weighted by Crippen LogP contribution is -3.13. The molecule has 1 aromatic carbocycles. The van der Waals surface area contributed by atoms with Gasteiger partial charge in [-0.3, -0.25) is 4.79 Å². The first kappa shape index (κ1) is 18.3. The summed E-state index contributed by atoms with van der Waals surface area (Å²) in [5, 5.41) is 2.57. The van der Waals surface area contributed by atoms with Gasteiger partial charge in [-0.25, -0.2) is 4.79 Å². The van der Waals surface area contributed by atoms with Crippen molar-refractivity contribution < 1.29 is 14.5 Å². The third kappa shape index (κ3) is 4.96. The average Bonchev–Trinajstić information content (AvgIpc) is 2.52. The molecule has 1 atom stereocenters. The molecular weight excluding hydrogens is 304 g/mol. The minimum Gasteiger partial charge on any atom is -0.352 e. The Morgan fingerprint density at radius 3 is 2.50 bits per heavy atom. The fourth-order valence-electron chi connectivity index (χ4n) is 3.19. The van der Waals surface area contributed by atoms with E-state index in [2.05, 4.69) is 36.5 Å². The molecule has 132 valence electrons. The van der Waals surface area contributed by atoms with Crippen molar-refractivity contribution in [1.82, 2.24) is 10.2 Å². The van der Waals surface area contributed by atoms with Gasteiger partial charge < -0.3 is 20.9 Å². The Bertz CT molecular complexity index is 580. The quantitative estimate of drug-likeness (QED) is 0.704. The van der Waals surface area contributed by atoms with Gasteiger partial charge in [0, 0.05) is 5.56 Å². The molecule has 2 rings (SSSR count). The molecule has 0 aliphatic carbocycles. The van der Waals surface area contributed by atoms with Crippen LogP contribution in [-0.4, -0.2) is 49.1 Å². The molecule has 0 spiro atoms. The molecule has 24 heavy (non-hydrogen) atoms. The van der Waals surface area contributed by atoms with Gasteiger partial charge in [0.1, 0.15) is 12.6 Å². The number of hydrogen-bond donors (Lipinski definition) is 3. The summed E-state index contributed by atoms with van der Waals surface area (Å²) in [6.07, 6.45) is 0. The molecule has 0 radical (unpaired) electrons. The van der Waals surface area contributed by atoms with Gasteiger partial charge in [-0.1, -0.05) is 43.7 Å². The Labute approximate surface area is 144 Å². The number of hydrogen-bond acceptors (Lipinski definition) is 2. The van der Waals surface area contributed by atoms with Crippen molar-refractivity contribution in [1.29, 1.82) is 0 Å². The van der Waals surface area contributed by atoms with Gasteiger partial charge in [-0.15, -0.1) is 0 Å². The largest absolute Gasteiger partial charge is 0.352 e. The van der Waals surface area contributed by atoms with Crippen molar-refractivity contribution in [2.45, 2.75) is 33.4 Å². The number of rotatable bonds is 5. The van der Waals surface area contributed by atoms with E-state index in [-0.39, 0.29) is 11.8 Å². The summed E-state index contributed by atoms with van der Waals surface area (Å²) in [4.78, 5) is 27.1. The summed E-state index contributed by atoms with van der Waals surface area (Å²) in [7, 11) is 0. The molecule has 4 N–H and O–H groups in total. The highest BCUT2D eigenvalue weighted by Crippen LogP contribution is 2.07. The van der Waals surface area contributed by atoms with Crippen LogP contribution in [0.15, 0.2) is 24.3 Å². The Morgan fingerprint density at radius 1 is 1.29 bits per heavy atom. The number of nitrogens with zero attached hydrogens (tertiary/aromatic N) is 1. The van der Waals surface area contributed by atoms with Crippen LogP contribution in [0.2, 0.25) is 0 Å². The molecule has 1 saturated heterocycles. The van der Waals surface area contributed by atoms with Crippen LogP contribution in [0.3, 0.4) is 0 Å². The predicted molar refractivity (Wildman–Crippen MR) is 93.5 cm³/mol. The third-order valence-corrected chi connectivity index (χ3v) is 4.55. The van der Waals surface area contributed by atoms with Gasteiger partial charge in [-0.05, 0) is 12.8 Å². The van der Waals surface area contributed by atoms with E-state index in [1.807, 2.05) is 18.7 Å². The highest BCUT2D eigenvalue weighted by molar-refractivity contribution is 5.86. The normalized spacial score (nSPS) is 16.9. The van der Waals surface area contributed by atoms with Crippen LogP contribution in [0.5, 0.6) is 0 Å². The van der Waals surface area contributed by atoms with Gasteiger partial charge >= 0.3 is 6.03 Å². The van der Waals surface area contributed by atoms with Crippen LogP contribution in [0.1, 0.15) is 25.0 Å². The number of carbonyl (C=O) groups excluding carboxylic acids is 2. The monoisotopic (exact) mass is 333 g/mol. The van der Waals surface area contributed by atoms with Gasteiger partial charge in [0.25, 0.3) is 0 Å². The zero-order valence-corrected chi connectivity index (χ0v) is 14.8. The number of quaternary nitrogens is 1. The summed E-state index contributed by atoms with van der Waals surface area (Å²) in [5.41, 5.74) is 7.80. The number of piperazine rings is 1. The molecule has 3 amide bonds. The van der Waals surface area contributed by atoms with E-state index < -0.39 is 12.1 Å². The van der Waals surface area contributed by atoms with E-state index in [0.29, 0.717) is 13.1 Å². The molecule has 1 fully saturated rings. The number of urea groups is 1. The Morgan fingerprint density at radius 2 is 1.96 bits per heavy atom. The van der Waals surface area contributed by atoms with E-state index in [9.17, 15) is 9.59 Å². The highest BCUT2D eigenvalue weighted by atomic mass is 16.2. The number of nitrogens with two attached hydrogens (primary N) is 1. The Kier molecular flexibility index (Phi) is 6.20. The molecule has 0 saturated carbocycles. The standard InChI is InChI=1S/C18H28N4O2/c1-13(2)16(20-18(19)24)17(23)22-9-7-21(8-10-22)12-15-6-4-5-14(3)11-15/h4-6,11,13,16H,7-10,12H2,1-3H3,(H3,19,20,24)/p+1/t16-/m0/s1. The SMILES string of the molecule is Cc1cccc(C[NH+]2CCN(C(=O)[C@@H](NC(N)=O)C(C)C)CC2)c1. The van der Waals surface area contributed by atoms with Crippen molar-refractivity contribution in [3.05, 3.63) is 35.4 Å². The summed E-state index contributed by atoms with van der Waals surface area (Å²) in [6.45, 7) is 10.2. The summed E-state index contributed by atoms with van der Waals surface area (Å²) < 4.78 is 0. The second kappa shape index (κ2) is 8.15. The second-order valence-electron chi connectivity index (χ2n) is 6.97. The van der Waals surface area contributed by atoms with Crippen LogP contribution in [0, 0.1) is 12.8 Å². The minimum atomic E-state index is -0.647. The molecule has 1 aromatic rings. The topological polar surface area (TPSA) is 79.9 Å². The first-order chi connectivity index (χ1) is 11.4. The average molecular weight is 333 g/mol. The maximum atomic E-state index is 12.6. The second-order valence-corrected chi connectivity index (χ2v) is 6.97. The van der Waals surface area contributed by atoms with Crippen molar-refractivity contribution in [2.75, 3.05) is 26.2 Å². The molecular formula is C18H29N4O2+. The Hall–Kier alpha value is -2.08. The lowest BCUT2D eigenvalue weighted by molar-refractivity contribution is -0.917. The summed E-state index contributed by atoms with van der Waals surface area (Å²) >= 11 is 0. The molecule has 6 nitrogen and oxygen atoms in total. The molecule has 1 aliphatic rings. The molecule has 1 aliphatic heterocycles. The van der Waals surface area contributed by atoms with Crippen LogP contribution >= 0.6 is 0 Å². The summed E-state index contributed by atoms with van der Waals surface area (Å²) in [5.74, 6) is -0.0129. The smallest absolute Gasteiger partial charge is 0.312 e. The number of primary amides is 1. The highest BCUT2D eigenvalue weighted by Gasteiger charge is 2.31. The van der Waals surface area contributed by atoms with Gasteiger partial charge in [-0.2, -0.15) is 0 Å². The van der Waals surface area contributed by atoms with Crippen molar-refractivity contribution in [2.24, 2.45) is 11.7 Å². The molecule has 1 heterocycles. The molecule has 0 bridgehead atoms. The number of nitrogens with one attached hydrogen (secondary N) is 2. The minimum absolute atomic E-state index is 0.0164. The maximum absolute atomic E-state index is 12.6. The number of aryl methyl sites for hydroxylation is 1. The van der Waals surface area contributed by atoms with Crippen LogP contribution in [0.25, 0.3) is 0 Å². The molecule has 6 heteroatoms.